The fraction of sp³-hybridized carbons (Fsp3) is 0.917. The van der Waals surface area contributed by atoms with Crippen LogP contribution in [-0.4, -0.2) is 53.6 Å². The van der Waals surface area contributed by atoms with E-state index in [1.165, 1.54) is 11.8 Å². The summed E-state index contributed by atoms with van der Waals surface area (Å²) in [6.07, 6.45) is -0.621. The molecule has 0 radical (unpaired) electrons. The third-order valence-corrected chi connectivity index (χ3v) is 3.68. The Morgan fingerprint density at radius 2 is 2.00 bits per heavy atom. The number of carbonyl (C=O) groups is 1. The largest absolute Gasteiger partial charge is 0.401 e. The van der Waals surface area contributed by atoms with Gasteiger partial charge in [-0.1, -0.05) is 0 Å². The minimum absolute atomic E-state index is 0.0173. The highest BCUT2D eigenvalue weighted by Crippen LogP contribution is 2.30. The molecule has 0 aromatic heterocycles. The van der Waals surface area contributed by atoms with Crippen LogP contribution in [0.5, 0.6) is 0 Å². The minimum Gasteiger partial charge on any atom is -0.338 e. The van der Waals surface area contributed by atoms with E-state index in [0.717, 1.165) is 25.7 Å². The summed E-state index contributed by atoms with van der Waals surface area (Å²) in [7, 11) is 0. The van der Waals surface area contributed by atoms with Crippen LogP contribution in [0.2, 0.25) is 0 Å². The van der Waals surface area contributed by atoms with E-state index in [9.17, 15) is 18.0 Å². The standard InChI is InChI=1S/C12H19F3N2O/c1-9(18)17(10-4-5-10)7-11-3-2-6-16(11)8-12(13,14)15/h10-11H,2-8H2,1H3. The molecule has 1 aliphatic carbocycles. The van der Waals surface area contributed by atoms with Crippen molar-refractivity contribution in [2.24, 2.45) is 0 Å². The maximum atomic E-state index is 12.4. The topological polar surface area (TPSA) is 23.6 Å². The normalized spacial score (nSPS) is 25.4. The number of hydrogen-bond acceptors (Lipinski definition) is 2. The van der Waals surface area contributed by atoms with Crippen LogP contribution in [0.3, 0.4) is 0 Å². The van der Waals surface area contributed by atoms with Crippen LogP contribution in [0.1, 0.15) is 32.6 Å². The van der Waals surface area contributed by atoms with E-state index in [4.69, 9.17) is 0 Å². The summed E-state index contributed by atoms with van der Waals surface area (Å²) in [6.45, 7) is 1.59. The third kappa shape index (κ3) is 3.60. The van der Waals surface area contributed by atoms with Crippen molar-refractivity contribution in [1.29, 1.82) is 0 Å². The van der Waals surface area contributed by atoms with Crippen molar-refractivity contribution < 1.29 is 18.0 Å². The maximum Gasteiger partial charge on any atom is 0.401 e. The summed E-state index contributed by atoms with van der Waals surface area (Å²) in [5.41, 5.74) is 0. The van der Waals surface area contributed by atoms with Crippen LogP contribution >= 0.6 is 0 Å². The van der Waals surface area contributed by atoms with E-state index in [1.807, 2.05) is 0 Å². The highest BCUT2D eigenvalue weighted by molar-refractivity contribution is 5.74. The van der Waals surface area contributed by atoms with Gasteiger partial charge in [0.15, 0.2) is 0 Å². The van der Waals surface area contributed by atoms with Gasteiger partial charge in [-0.2, -0.15) is 13.2 Å². The Morgan fingerprint density at radius 1 is 1.33 bits per heavy atom. The lowest BCUT2D eigenvalue weighted by Gasteiger charge is -2.30. The van der Waals surface area contributed by atoms with Gasteiger partial charge in [0.05, 0.1) is 6.54 Å². The number of rotatable bonds is 4. The second-order valence-electron chi connectivity index (χ2n) is 5.28. The van der Waals surface area contributed by atoms with Gasteiger partial charge in [-0.3, -0.25) is 9.69 Å². The van der Waals surface area contributed by atoms with Gasteiger partial charge in [0.1, 0.15) is 0 Å². The SMILES string of the molecule is CC(=O)N(CC1CCCN1CC(F)(F)F)C1CC1. The predicted molar refractivity (Wildman–Crippen MR) is 61.1 cm³/mol. The maximum absolute atomic E-state index is 12.4. The van der Waals surface area contributed by atoms with E-state index in [-0.39, 0.29) is 18.0 Å². The Bertz CT molecular complexity index is 315. The van der Waals surface area contributed by atoms with E-state index in [1.54, 1.807) is 4.90 Å². The highest BCUT2D eigenvalue weighted by atomic mass is 19.4. The van der Waals surface area contributed by atoms with Crippen LogP contribution in [0.15, 0.2) is 0 Å². The van der Waals surface area contributed by atoms with Crippen molar-refractivity contribution in [1.82, 2.24) is 9.80 Å². The molecule has 2 aliphatic rings. The molecule has 3 nitrogen and oxygen atoms in total. The summed E-state index contributed by atoms with van der Waals surface area (Å²) in [5.74, 6) is -0.0173. The van der Waals surface area contributed by atoms with Crippen molar-refractivity contribution in [2.75, 3.05) is 19.6 Å². The van der Waals surface area contributed by atoms with E-state index in [0.29, 0.717) is 13.1 Å². The Hall–Kier alpha value is -0.780. The Balaban J connectivity index is 1.92. The summed E-state index contributed by atoms with van der Waals surface area (Å²) in [4.78, 5) is 14.7. The number of likely N-dealkylation sites (tertiary alicyclic amines) is 1. The molecule has 2 fully saturated rings. The first kappa shape index (κ1) is 13.6. The van der Waals surface area contributed by atoms with Crippen molar-refractivity contribution in [3.8, 4) is 0 Å². The molecule has 6 heteroatoms. The zero-order valence-corrected chi connectivity index (χ0v) is 10.5. The number of nitrogens with zero attached hydrogens (tertiary/aromatic N) is 2. The van der Waals surface area contributed by atoms with Gasteiger partial charge in [-0.25, -0.2) is 0 Å². The van der Waals surface area contributed by atoms with Crippen molar-refractivity contribution in [3.05, 3.63) is 0 Å². The number of carbonyl (C=O) groups excluding carboxylic acids is 1. The lowest BCUT2D eigenvalue weighted by atomic mass is 10.2. The molecule has 0 aromatic rings. The highest BCUT2D eigenvalue weighted by Gasteiger charge is 2.39. The molecule has 1 atom stereocenters. The zero-order valence-electron chi connectivity index (χ0n) is 10.5. The fourth-order valence-electron chi connectivity index (χ4n) is 2.69. The molecule has 0 N–H and O–H groups in total. The van der Waals surface area contributed by atoms with Crippen LogP contribution in [0, 0.1) is 0 Å². The van der Waals surface area contributed by atoms with Crippen LogP contribution < -0.4 is 0 Å². The number of hydrogen-bond donors (Lipinski definition) is 0. The molecule has 0 bridgehead atoms. The smallest absolute Gasteiger partial charge is 0.338 e. The molecule has 1 aliphatic heterocycles. The first-order valence-electron chi connectivity index (χ1n) is 6.45. The molecule has 0 spiro atoms. The monoisotopic (exact) mass is 264 g/mol. The Kier molecular flexibility index (Phi) is 3.84. The molecule has 2 rings (SSSR count). The van der Waals surface area contributed by atoms with Gasteiger partial charge < -0.3 is 4.90 Å². The van der Waals surface area contributed by atoms with Gasteiger partial charge in [0.2, 0.25) is 5.91 Å². The van der Waals surface area contributed by atoms with Gasteiger partial charge in [0, 0.05) is 25.6 Å². The predicted octanol–water partition coefficient (Wildman–Crippen LogP) is 2.02. The lowest BCUT2D eigenvalue weighted by molar-refractivity contribution is -0.149. The van der Waals surface area contributed by atoms with Crippen molar-refractivity contribution in [2.45, 2.75) is 50.9 Å². The van der Waals surface area contributed by atoms with Gasteiger partial charge in [0.25, 0.3) is 0 Å². The number of halogens is 3. The van der Waals surface area contributed by atoms with Crippen LogP contribution in [0.4, 0.5) is 13.2 Å². The average Bonchev–Trinajstić information content (AvgIpc) is 2.96. The minimum atomic E-state index is -4.15. The van der Waals surface area contributed by atoms with Gasteiger partial charge in [-0.15, -0.1) is 0 Å². The van der Waals surface area contributed by atoms with E-state index >= 15 is 0 Å². The average molecular weight is 264 g/mol. The first-order chi connectivity index (χ1) is 8.37. The summed E-state index contributed by atoms with van der Waals surface area (Å²) in [5, 5.41) is 0. The number of alkyl halides is 3. The second-order valence-corrected chi connectivity index (χ2v) is 5.28. The van der Waals surface area contributed by atoms with E-state index < -0.39 is 12.7 Å². The van der Waals surface area contributed by atoms with Crippen molar-refractivity contribution >= 4 is 5.91 Å². The molecule has 1 saturated heterocycles. The van der Waals surface area contributed by atoms with Crippen molar-refractivity contribution in [3.63, 3.8) is 0 Å². The molecule has 104 valence electrons. The quantitative estimate of drug-likeness (QED) is 0.775. The third-order valence-electron chi connectivity index (χ3n) is 3.68. The number of amides is 1. The fourth-order valence-corrected chi connectivity index (χ4v) is 2.69. The molecule has 1 unspecified atom stereocenters. The molecule has 1 heterocycles. The Morgan fingerprint density at radius 3 is 2.50 bits per heavy atom. The molecular formula is C12H19F3N2O. The van der Waals surface area contributed by atoms with E-state index in [2.05, 4.69) is 0 Å². The summed E-state index contributed by atoms with van der Waals surface area (Å²) >= 11 is 0. The molecule has 18 heavy (non-hydrogen) atoms. The first-order valence-corrected chi connectivity index (χ1v) is 6.45. The zero-order chi connectivity index (χ0) is 13.3. The molecule has 1 amide bonds. The second kappa shape index (κ2) is 5.07. The van der Waals surface area contributed by atoms with Crippen LogP contribution in [0.25, 0.3) is 0 Å². The molecular weight excluding hydrogens is 245 g/mol. The van der Waals surface area contributed by atoms with Crippen LogP contribution in [-0.2, 0) is 4.79 Å². The van der Waals surface area contributed by atoms with Gasteiger partial charge >= 0.3 is 6.18 Å². The Labute approximate surface area is 105 Å². The summed E-state index contributed by atoms with van der Waals surface area (Å²) < 4.78 is 37.3. The molecule has 1 saturated carbocycles. The van der Waals surface area contributed by atoms with Gasteiger partial charge in [-0.05, 0) is 32.2 Å². The summed E-state index contributed by atoms with van der Waals surface area (Å²) in [6, 6.07) is 0.145. The lowest BCUT2D eigenvalue weighted by Crippen LogP contribution is -2.46. The molecule has 0 aromatic carbocycles.